The fourth-order valence-corrected chi connectivity index (χ4v) is 13.0. The summed E-state index contributed by atoms with van der Waals surface area (Å²) >= 11 is 0. The Hall–Kier alpha value is -9.36. The summed E-state index contributed by atoms with van der Waals surface area (Å²) in [7, 11) is 0. The second kappa shape index (κ2) is 15.1. The molecule has 0 bridgehead atoms. The Morgan fingerprint density at radius 1 is 0.139 bits per heavy atom. The Bertz CT molecular complexity index is 4140. The molecule has 0 nitrogen and oxygen atoms in total. The van der Waals surface area contributed by atoms with Crippen LogP contribution in [0.3, 0.4) is 0 Å². The molecule has 0 atom stereocenters. The fourth-order valence-electron chi connectivity index (χ4n) is 13.0. The lowest BCUT2D eigenvalue weighted by molar-refractivity contribution is 1.69. The maximum Gasteiger partial charge on any atom is -0.00139 e. The van der Waals surface area contributed by atoms with E-state index in [1.165, 1.54) is 163 Å². The third kappa shape index (κ3) is 5.58. The highest BCUT2D eigenvalue weighted by atomic mass is 14.3. The fraction of sp³-hybridized carbons (Fsp3) is 0. The summed E-state index contributed by atoms with van der Waals surface area (Å²) in [4.78, 5) is 0. The summed E-state index contributed by atoms with van der Waals surface area (Å²) in [6.07, 6.45) is 0. The Kier molecular flexibility index (Phi) is 8.26. The molecule has 0 amide bonds. The number of hydrogen-bond donors (Lipinski definition) is 0. The first kappa shape index (κ1) is 39.5. The molecule has 0 fully saturated rings. The van der Waals surface area contributed by atoms with Crippen LogP contribution in [0.5, 0.6) is 0 Å². The lowest BCUT2D eigenvalue weighted by Crippen LogP contribution is -1.97. The van der Waals surface area contributed by atoms with E-state index in [4.69, 9.17) is 0 Å². The second-order valence-corrected chi connectivity index (χ2v) is 19.8. The van der Waals surface area contributed by atoms with Crippen molar-refractivity contribution >= 4 is 118 Å². The van der Waals surface area contributed by atoms with Crippen molar-refractivity contribution < 1.29 is 0 Å². The molecule has 72 heavy (non-hydrogen) atoms. The second-order valence-electron chi connectivity index (χ2n) is 19.8. The molecule has 0 aliphatic rings. The number of benzene rings is 16. The molecular formula is C72H42. The largest absolute Gasteiger partial charge is 0.0616 e. The summed E-state index contributed by atoms with van der Waals surface area (Å²) in [5, 5.41) is 27.6. The third-order valence-electron chi connectivity index (χ3n) is 16.1. The summed E-state index contributed by atoms with van der Waals surface area (Å²) in [5.41, 5.74) is 10.1. The molecule has 0 heterocycles. The van der Waals surface area contributed by atoms with Crippen molar-refractivity contribution in [3.05, 3.63) is 255 Å². The van der Waals surface area contributed by atoms with E-state index in [0.29, 0.717) is 0 Å². The van der Waals surface area contributed by atoms with Gasteiger partial charge in [-0.3, -0.25) is 0 Å². The molecule has 0 spiro atoms. The van der Waals surface area contributed by atoms with Gasteiger partial charge in [0.25, 0.3) is 0 Å². The van der Waals surface area contributed by atoms with E-state index < -0.39 is 0 Å². The quantitative estimate of drug-likeness (QED) is 0.122. The first-order valence-corrected chi connectivity index (χ1v) is 25.2. The lowest BCUT2D eigenvalue weighted by Gasteiger charge is -2.24. The number of fused-ring (bicyclic) bond motifs is 8. The summed E-state index contributed by atoms with van der Waals surface area (Å²) in [6.45, 7) is 0. The molecule has 0 N–H and O–H groups in total. The first-order chi connectivity index (χ1) is 35.7. The van der Waals surface area contributed by atoms with Crippen LogP contribution in [0.15, 0.2) is 255 Å². The predicted molar refractivity (Wildman–Crippen MR) is 312 cm³/mol. The molecule has 0 heteroatoms. The lowest BCUT2D eigenvalue weighted by atomic mass is 9.78. The predicted octanol–water partition coefficient (Wildman–Crippen LogP) is 20.5. The van der Waals surface area contributed by atoms with Gasteiger partial charge in [0.1, 0.15) is 0 Å². The Balaban J connectivity index is 1.18. The normalized spacial score (nSPS) is 12.2. The van der Waals surface area contributed by atoms with Crippen LogP contribution in [0.25, 0.3) is 163 Å². The first-order valence-electron chi connectivity index (χ1n) is 25.2. The van der Waals surface area contributed by atoms with Gasteiger partial charge in [-0.15, -0.1) is 0 Å². The molecule has 16 aromatic carbocycles. The van der Waals surface area contributed by atoms with Crippen molar-refractivity contribution in [1.82, 2.24) is 0 Å². The van der Waals surface area contributed by atoms with E-state index in [0.717, 1.165) is 0 Å². The number of rotatable bonds is 4. The van der Waals surface area contributed by atoms with Crippen molar-refractivity contribution in [2.45, 2.75) is 0 Å². The van der Waals surface area contributed by atoms with Gasteiger partial charge >= 0.3 is 0 Å². The minimum absolute atomic E-state index is 1.24. The molecule has 0 saturated heterocycles. The zero-order valence-corrected chi connectivity index (χ0v) is 39.2. The van der Waals surface area contributed by atoms with Crippen LogP contribution in [0.4, 0.5) is 0 Å². The van der Waals surface area contributed by atoms with Gasteiger partial charge in [0, 0.05) is 0 Å². The van der Waals surface area contributed by atoms with Gasteiger partial charge in [0.15, 0.2) is 0 Å². The molecule has 0 radical (unpaired) electrons. The van der Waals surface area contributed by atoms with E-state index in [2.05, 4.69) is 255 Å². The topological polar surface area (TPSA) is 0 Å². The Morgan fingerprint density at radius 2 is 0.306 bits per heavy atom. The molecule has 0 aliphatic carbocycles. The summed E-state index contributed by atoms with van der Waals surface area (Å²) < 4.78 is 0. The van der Waals surface area contributed by atoms with E-state index >= 15 is 0 Å². The molecule has 0 aromatic heterocycles. The van der Waals surface area contributed by atoms with Crippen LogP contribution in [-0.4, -0.2) is 0 Å². The van der Waals surface area contributed by atoms with Crippen LogP contribution >= 0.6 is 0 Å². The van der Waals surface area contributed by atoms with Crippen molar-refractivity contribution in [3.63, 3.8) is 0 Å². The van der Waals surface area contributed by atoms with Gasteiger partial charge in [-0.1, -0.05) is 218 Å². The summed E-state index contributed by atoms with van der Waals surface area (Å²) in [6, 6.07) is 96.4. The van der Waals surface area contributed by atoms with Crippen LogP contribution in [0.1, 0.15) is 0 Å². The maximum atomic E-state index is 2.56. The Labute approximate surface area is 415 Å². The van der Waals surface area contributed by atoms with Gasteiger partial charge in [0.05, 0.1) is 0 Å². The highest BCUT2D eigenvalue weighted by Gasteiger charge is 2.26. The molecule has 16 rings (SSSR count). The van der Waals surface area contributed by atoms with Crippen molar-refractivity contribution in [2.75, 3.05) is 0 Å². The van der Waals surface area contributed by atoms with Gasteiger partial charge in [-0.2, -0.15) is 0 Å². The SMILES string of the molecule is c1ccc2c(-c3cc(-c4c5ccccc5cc5ccccc45)c4ccc5c(-c6c7ccccc7cc7ccccc67)cc(-c6c7ccccc7cc7ccccc67)c6ccc3c4c65)c3ccccc3cc2c1. The van der Waals surface area contributed by atoms with Gasteiger partial charge in [-0.25, -0.2) is 0 Å². The van der Waals surface area contributed by atoms with E-state index in [-0.39, 0.29) is 0 Å². The maximum absolute atomic E-state index is 2.56. The minimum Gasteiger partial charge on any atom is -0.0616 e. The standard InChI is InChI=1S/C72H42/c1-9-25-51-43(17-1)37-44-18-2-10-26-52(44)67(51)63-41-64(68-53-27-11-3-19-45(53)38-46-20-4-12-28-54(46)68)60-35-36-62-66(70-57-31-15-7-23-49(57)40-50-24-8-16-32-58(50)70)42-65(61-34-33-59(63)71(60)72(61)62)69-55-29-13-5-21-47(55)39-48-22-6-14-30-56(48)69/h1-42H. The van der Waals surface area contributed by atoms with Crippen LogP contribution in [0, 0.1) is 0 Å². The zero-order chi connectivity index (χ0) is 47.0. The molecule has 16 aromatic rings. The number of hydrogen-bond acceptors (Lipinski definition) is 0. The Morgan fingerprint density at radius 3 is 0.486 bits per heavy atom. The van der Waals surface area contributed by atoms with E-state index in [1.54, 1.807) is 0 Å². The van der Waals surface area contributed by atoms with Gasteiger partial charge in [0.2, 0.25) is 0 Å². The highest BCUT2D eigenvalue weighted by Crippen LogP contribution is 2.54. The zero-order valence-electron chi connectivity index (χ0n) is 39.2. The van der Waals surface area contributed by atoms with Crippen LogP contribution in [-0.2, 0) is 0 Å². The monoisotopic (exact) mass is 906 g/mol. The minimum atomic E-state index is 1.24. The third-order valence-corrected chi connectivity index (χ3v) is 16.1. The van der Waals surface area contributed by atoms with Crippen LogP contribution in [0.2, 0.25) is 0 Å². The molecule has 330 valence electrons. The van der Waals surface area contributed by atoms with Gasteiger partial charge in [-0.05, 0) is 199 Å². The smallest absolute Gasteiger partial charge is 0.00139 e. The van der Waals surface area contributed by atoms with Crippen LogP contribution < -0.4 is 0 Å². The molecular weight excluding hydrogens is 865 g/mol. The van der Waals surface area contributed by atoms with Gasteiger partial charge < -0.3 is 0 Å². The average molecular weight is 907 g/mol. The molecule has 0 aliphatic heterocycles. The average Bonchev–Trinajstić information content (AvgIpc) is 3.44. The molecule has 0 unspecified atom stereocenters. The van der Waals surface area contributed by atoms with E-state index in [9.17, 15) is 0 Å². The van der Waals surface area contributed by atoms with E-state index in [1.807, 2.05) is 0 Å². The highest BCUT2D eigenvalue weighted by molar-refractivity contribution is 6.36. The van der Waals surface area contributed by atoms with Crippen molar-refractivity contribution in [2.24, 2.45) is 0 Å². The molecule has 0 saturated carbocycles. The van der Waals surface area contributed by atoms with Crippen molar-refractivity contribution in [1.29, 1.82) is 0 Å². The van der Waals surface area contributed by atoms with Crippen molar-refractivity contribution in [3.8, 4) is 44.5 Å². The summed E-state index contributed by atoms with van der Waals surface area (Å²) in [5.74, 6) is 0.